The van der Waals surface area contributed by atoms with Gasteiger partial charge in [-0.05, 0) is 91.4 Å². The van der Waals surface area contributed by atoms with Gasteiger partial charge in [0.2, 0.25) is 0 Å². The first-order valence-corrected chi connectivity index (χ1v) is 16.0. The maximum absolute atomic E-state index is 6.57. The third-order valence-electron chi connectivity index (χ3n) is 8.55. The molecule has 5 nitrogen and oxygen atoms in total. The molecule has 0 bridgehead atoms. The molecule has 45 heavy (non-hydrogen) atoms. The number of benzene rings is 4. The Morgan fingerprint density at radius 1 is 0.711 bits per heavy atom. The number of pyridine rings is 1. The number of hydrogen-bond acceptors (Lipinski definition) is 3. The lowest BCUT2D eigenvalue weighted by Gasteiger charge is -2.12. The molecule has 3 aromatic heterocycles. The highest BCUT2D eigenvalue weighted by atomic mass is 16.5. The van der Waals surface area contributed by atoms with Gasteiger partial charge in [-0.3, -0.25) is 4.57 Å². The molecular weight excluding hydrogens is 552 g/mol. The van der Waals surface area contributed by atoms with Crippen LogP contribution in [-0.2, 0) is 19.3 Å². The molecule has 4 aromatic carbocycles. The summed E-state index contributed by atoms with van der Waals surface area (Å²) in [7, 11) is 0. The van der Waals surface area contributed by atoms with Crippen molar-refractivity contribution in [1.82, 2.24) is 19.3 Å². The third kappa shape index (κ3) is 5.29. The molecule has 224 valence electrons. The first-order valence-electron chi connectivity index (χ1n) is 16.0. The molecule has 3 heterocycles. The Morgan fingerprint density at radius 3 is 2.33 bits per heavy atom. The number of ether oxygens (including phenoxy) is 1. The molecule has 0 unspecified atom stereocenters. The van der Waals surface area contributed by atoms with E-state index in [2.05, 4.69) is 122 Å². The van der Waals surface area contributed by atoms with Gasteiger partial charge >= 0.3 is 0 Å². The minimum absolute atomic E-state index is 0.769. The lowest BCUT2D eigenvalue weighted by atomic mass is 10.0. The van der Waals surface area contributed by atoms with Gasteiger partial charge in [0.15, 0.2) is 0 Å². The zero-order chi connectivity index (χ0) is 30.9. The summed E-state index contributed by atoms with van der Waals surface area (Å²) >= 11 is 0. The molecule has 5 heteroatoms. The van der Waals surface area contributed by atoms with E-state index >= 15 is 0 Å². The van der Waals surface area contributed by atoms with Crippen molar-refractivity contribution in [2.75, 3.05) is 0 Å². The van der Waals surface area contributed by atoms with Gasteiger partial charge in [0, 0.05) is 34.7 Å². The van der Waals surface area contributed by atoms with Crippen LogP contribution in [0.25, 0.3) is 44.4 Å². The summed E-state index contributed by atoms with van der Waals surface area (Å²) < 4.78 is 10.9. The van der Waals surface area contributed by atoms with Crippen LogP contribution in [0.3, 0.4) is 0 Å². The van der Waals surface area contributed by atoms with Crippen molar-refractivity contribution >= 4 is 21.8 Å². The molecule has 0 saturated heterocycles. The molecule has 0 fully saturated rings. The van der Waals surface area contributed by atoms with Crippen LogP contribution >= 0.6 is 0 Å². The molecule has 0 amide bonds. The summed E-state index contributed by atoms with van der Waals surface area (Å²) in [6, 6.07) is 36.2. The van der Waals surface area contributed by atoms with E-state index < -0.39 is 0 Å². The van der Waals surface area contributed by atoms with Crippen LogP contribution in [0.1, 0.15) is 49.7 Å². The molecule has 0 N–H and O–H groups in total. The Kier molecular flexibility index (Phi) is 7.68. The van der Waals surface area contributed by atoms with Crippen molar-refractivity contribution in [3.63, 3.8) is 0 Å². The van der Waals surface area contributed by atoms with Crippen LogP contribution in [0.5, 0.6) is 11.5 Å². The summed E-state index contributed by atoms with van der Waals surface area (Å²) in [5.74, 6) is 2.45. The smallest absolute Gasteiger partial charge is 0.137 e. The van der Waals surface area contributed by atoms with Crippen LogP contribution in [0, 0.1) is 6.92 Å². The van der Waals surface area contributed by atoms with E-state index in [4.69, 9.17) is 14.8 Å². The Morgan fingerprint density at radius 2 is 1.56 bits per heavy atom. The minimum atomic E-state index is 0.769. The van der Waals surface area contributed by atoms with Crippen molar-refractivity contribution < 1.29 is 4.74 Å². The van der Waals surface area contributed by atoms with E-state index in [1.807, 2.05) is 24.4 Å². The molecule has 0 radical (unpaired) electrons. The largest absolute Gasteiger partial charge is 0.457 e. The Hall–Kier alpha value is -5.16. The van der Waals surface area contributed by atoms with Crippen molar-refractivity contribution in [2.24, 2.45) is 0 Å². The second kappa shape index (κ2) is 12.1. The monoisotopic (exact) mass is 590 g/mol. The molecule has 0 aliphatic rings. The quantitative estimate of drug-likeness (QED) is 0.168. The molecule has 0 atom stereocenters. The Balaban J connectivity index is 1.31. The summed E-state index contributed by atoms with van der Waals surface area (Å²) in [6.07, 6.45) is 5.80. The summed E-state index contributed by atoms with van der Waals surface area (Å²) in [5.41, 5.74) is 10.5. The molecular formula is C40H38N4O. The molecule has 0 aliphatic carbocycles. The zero-order valence-electron chi connectivity index (χ0n) is 26.4. The Labute approximate surface area is 264 Å². The van der Waals surface area contributed by atoms with Crippen LogP contribution in [0.2, 0.25) is 0 Å². The Bertz CT molecular complexity index is 2140. The summed E-state index contributed by atoms with van der Waals surface area (Å²) in [6.45, 7) is 8.70. The fourth-order valence-corrected chi connectivity index (χ4v) is 6.49. The topological polar surface area (TPSA) is 44.9 Å². The van der Waals surface area contributed by atoms with E-state index in [1.165, 1.54) is 38.7 Å². The maximum atomic E-state index is 6.57. The summed E-state index contributed by atoms with van der Waals surface area (Å²) in [5, 5.41) is 7.51. The van der Waals surface area contributed by atoms with E-state index in [-0.39, 0.29) is 0 Å². The number of nitrogens with zero attached hydrogens (tertiary/aromatic N) is 4. The van der Waals surface area contributed by atoms with Gasteiger partial charge in [0.25, 0.3) is 0 Å². The van der Waals surface area contributed by atoms with Gasteiger partial charge in [0.05, 0.1) is 28.1 Å². The predicted octanol–water partition coefficient (Wildman–Crippen LogP) is 10.2. The normalized spacial score (nSPS) is 11.5. The summed E-state index contributed by atoms with van der Waals surface area (Å²) in [4.78, 5) is 4.77. The van der Waals surface area contributed by atoms with E-state index in [0.717, 1.165) is 65.4 Å². The second-order valence-electron chi connectivity index (χ2n) is 11.7. The minimum Gasteiger partial charge on any atom is -0.457 e. The van der Waals surface area contributed by atoms with Gasteiger partial charge in [-0.15, -0.1) is 0 Å². The average Bonchev–Trinajstić information content (AvgIpc) is 3.60. The van der Waals surface area contributed by atoms with E-state index in [0.29, 0.717) is 0 Å². The third-order valence-corrected chi connectivity index (χ3v) is 8.55. The van der Waals surface area contributed by atoms with E-state index in [1.54, 1.807) is 0 Å². The van der Waals surface area contributed by atoms with Crippen molar-refractivity contribution in [1.29, 1.82) is 0 Å². The average molecular weight is 591 g/mol. The SMILES string of the molecule is CCCc1ccc2c(c1)c1ccc(Oc3cccc(-n4nc(CC)c(-c5ccccc5)c4CC)c3)cc1n2-c1cc(C)ccn1. The maximum Gasteiger partial charge on any atom is 0.137 e. The molecule has 7 rings (SSSR count). The lowest BCUT2D eigenvalue weighted by molar-refractivity contribution is 0.482. The van der Waals surface area contributed by atoms with Crippen LogP contribution in [0.15, 0.2) is 109 Å². The highest BCUT2D eigenvalue weighted by Crippen LogP contribution is 2.37. The fourth-order valence-electron chi connectivity index (χ4n) is 6.49. The number of aromatic nitrogens is 4. The number of hydrogen-bond donors (Lipinski definition) is 0. The van der Waals surface area contributed by atoms with E-state index in [9.17, 15) is 0 Å². The lowest BCUT2D eigenvalue weighted by Crippen LogP contribution is -2.02. The number of fused-ring (bicyclic) bond motifs is 3. The van der Waals surface area contributed by atoms with Gasteiger partial charge < -0.3 is 4.74 Å². The van der Waals surface area contributed by atoms with Gasteiger partial charge in [-0.2, -0.15) is 5.10 Å². The van der Waals surface area contributed by atoms with Crippen molar-refractivity contribution in [3.8, 4) is 34.1 Å². The highest BCUT2D eigenvalue weighted by molar-refractivity contribution is 6.09. The molecule has 0 aliphatic heterocycles. The van der Waals surface area contributed by atoms with Crippen molar-refractivity contribution in [2.45, 2.75) is 53.4 Å². The molecule has 0 spiro atoms. The van der Waals surface area contributed by atoms with Gasteiger partial charge in [-0.1, -0.05) is 69.7 Å². The standard InChI is InChI=1S/C40H38N4O/c1-5-12-28-17-20-37-34(24-28)33-19-18-32(26-38(33)43(37)39-23-27(4)21-22-41-39)45-31-16-11-15-30(25-31)44-36(7-3)40(35(6-2)42-44)29-13-9-8-10-14-29/h8-11,13-26H,5-7,12H2,1-4H3. The van der Waals surface area contributed by atoms with Crippen LogP contribution < -0.4 is 4.74 Å². The predicted molar refractivity (Wildman–Crippen MR) is 185 cm³/mol. The fraction of sp³-hybridized carbons (Fsp3) is 0.200. The highest BCUT2D eigenvalue weighted by Gasteiger charge is 2.19. The number of aryl methyl sites for hydroxylation is 3. The first kappa shape index (κ1) is 28.6. The van der Waals surface area contributed by atoms with Gasteiger partial charge in [-0.25, -0.2) is 9.67 Å². The zero-order valence-corrected chi connectivity index (χ0v) is 26.4. The molecule has 0 saturated carbocycles. The van der Waals surface area contributed by atoms with Crippen LogP contribution in [0.4, 0.5) is 0 Å². The van der Waals surface area contributed by atoms with Crippen molar-refractivity contribution in [3.05, 3.63) is 132 Å². The van der Waals surface area contributed by atoms with Gasteiger partial charge in [0.1, 0.15) is 17.3 Å². The molecule has 7 aromatic rings. The number of rotatable bonds is 9. The first-order chi connectivity index (χ1) is 22.1. The van der Waals surface area contributed by atoms with Crippen LogP contribution in [-0.4, -0.2) is 19.3 Å². The second-order valence-corrected chi connectivity index (χ2v) is 11.7.